The third kappa shape index (κ3) is 3.44. The van der Waals surface area contributed by atoms with Crippen molar-refractivity contribution in [3.8, 4) is 5.75 Å². The van der Waals surface area contributed by atoms with Crippen molar-refractivity contribution in [2.45, 2.75) is 26.4 Å². The van der Waals surface area contributed by atoms with E-state index in [9.17, 15) is 9.90 Å². The molecule has 1 atom stereocenters. The lowest BCUT2D eigenvalue weighted by Gasteiger charge is -2.21. The lowest BCUT2D eigenvalue weighted by atomic mass is 10.1. The Hall–Kier alpha value is -2.10. The van der Waals surface area contributed by atoms with Crippen LogP contribution >= 0.6 is 0 Å². The maximum absolute atomic E-state index is 11.1. The van der Waals surface area contributed by atoms with Crippen molar-refractivity contribution in [1.82, 2.24) is 4.98 Å². The summed E-state index contributed by atoms with van der Waals surface area (Å²) in [6.45, 7) is 3.90. The summed E-state index contributed by atoms with van der Waals surface area (Å²) in [7, 11) is 0. The van der Waals surface area contributed by atoms with Crippen LogP contribution < -0.4 is 9.84 Å². The topological polar surface area (TPSA) is 62.2 Å². The molecule has 1 aromatic carbocycles. The summed E-state index contributed by atoms with van der Waals surface area (Å²) >= 11 is 0. The molecule has 2 rings (SSSR count). The van der Waals surface area contributed by atoms with E-state index in [1.165, 1.54) is 0 Å². The smallest absolute Gasteiger partial charge is 0.138 e. The number of rotatable bonds is 5. The number of pyridine rings is 1. The van der Waals surface area contributed by atoms with Gasteiger partial charge in [-0.05, 0) is 35.9 Å². The van der Waals surface area contributed by atoms with E-state index >= 15 is 0 Å². The first-order valence-corrected chi connectivity index (χ1v) is 6.27. The zero-order chi connectivity index (χ0) is 13.8. The molecule has 0 aliphatic carbocycles. The van der Waals surface area contributed by atoms with Crippen molar-refractivity contribution >= 4 is 16.7 Å². The van der Waals surface area contributed by atoms with Gasteiger partial charge in [-0.1, -0.05) is 19.9 Å². The van der Waals surface area contributed by atoms with E-state index in [1.807, 2.05) is 26.0 Å². The van der Waals surface area contributed by atoms with Gasteiger partial charge in [0.15, 0.2) is 0 Å². The van der Waals surface area contributed by atoms with Crippen LogP contribution in [0.25, 0.3) is 10.8 Å². The van der Waals surface area contributed by atoms with Gasteiger partial charge in [0.2, 0.25) is 0 Å². The van der Waals surface area contributed by atoms with Gasteiger partial charge >= 0.3 is 0 Å². The maximum Gasteiger partial charge on any atom is 0.138 e. The van der Waals surface area contributed by atoms with Gasteiger partial charge < -0.3 is 14.6 Å². The van der Waals surface area contributed by atoms with Crippen LogP contribution in [0.2, 0.25) is 0 Å². The second kappa shape index (κ2) is 5.69. The molecular weight excluding hydrogens is 242 g/mol. The molecule has 1 aromatic heterocycles. The van der Waals surface area contributed by atoms with Crippen LogP contribution in [-0.4, -0.2) is 17.1 Å². The summed E-state index contributed by atoms with van der Waals surface area (Å²) in [5, 5.41) is 13.0. The van der Waals surface area contributed by atoms with E-state index in [-0.39, 0.29) is 5.92 Å². The molecule has 0 N–H and O–H groups in total. The Bertz CT molecular complexity index is 580. The van der Waals surface area contributed by atoms with Crippen molar-refractivity contribution in [1.29, 1.82) is 0 Å². The van der Waals surface area contributed by atoms with Crippen molar-refractivity contribution in [3.63, 3.8) is 0 Å². The van der Waals surface area contributed by atoms with E-state index in [2.05, 4.69) is 4.98 Å². The van der Waals surface area contributed by atoms with Gasteiger partial charge in [0.25, 0.3) is 0 Å². The zero-order valence-corrected chi connectivity index (χ0v) is 11.0. The zero-order valence-electron chi connectivity index (χ0n) is 11.0. The van der Waals surface area contributed by atoms with Crippen molar-refractivity contribution in [2.24, 2.45) is 5.92 Å². The van der Waals surface area contributed by atoms with Crippen LogP contribution in [0.1, 0.15) is 20.3 Å². The first-order valence-electron chi connectivity index (χ1n) is 6.27. The Balaban J connectivity index is 2.21. The second-order valence-corrected chi connectivity index (χ2v) is 4.94. The van der Waals surface area contributed by atoms with Crippen LogP contribution in [0.3, 0.4) is 0 Å². The average molecular weight is 258 g/mol. The highest BCUT2D eigenvalue weighted by molar-refractivity contribution is 5.82. The average Bonchev–Trinajstić information content (AvgIpc) is 2.37. The predicted molar refractivity (Wildman–Crippen MR) is 70.6 cm³/mol. The summed E-state index contributed by atoms with van der Waals surface area (Å²) in [4.78, 5) is 15.1. The minimum absolute atomic E-state index is 0.227. The van der Waals surface area contributed by atoms with Gasteiger partial charge in [-0.25, -0.2) is 0 Å². The Morgan fingerprint density at radius 2 is 2.11 bits per heavy atom. The largest absolute Gasteiger partial charge is 0.546 e. The van der Waals surface area contributed by atoms with Crippen molar-refractivity contribution in [2.75, 3.05) is 0 Å². The Labute approximate surface area is 112 Å². The quantitative estimate of drug-likeness (QED) is 0.820. The van der Waals surface area contributed by atoms with Crippen LogP contribution in [0.15, 0.2) is 36.7 Å². The normalized spacial score (nSPS) is 12.6. The van der Waals surface area contributed by atoms with Gasteiger partial charge in [0, 0.05) is 17.8 Å². The fourth-order valence-corrected chi connectivity index (χ4v) is 1.92. The van der Waals surface area contributed by atoms with Crippen LogP contribution in [-0.2, 0) is 4.79 Å². The SMILES string of the molecule is CC(C)CC(Oc1ccc2ccncc2c1)C(=O)[O-]. The highest BCUT2D eigenvalue weighted by Crippen LogP contribution is 2.22. The molecule has 0 spiro atoms. The summed E-state index contributed by atoms with van der Waals surface area (Å²) < 4.78 is 5.51. The molecule has 0 aliphatic heterocycles. The molecular formula is C15H16NO3-. The van der Waals surface area contributed by atoms with Crippen molar-refractivity contribution < 1.29 is 14.6 Å². The van der Waals surface area contributed by atoms with E-state index in [1.54, 1.807) is 24.5 Å². The minimum atomic E-state index is -1.18. The molecule has 0 radical (unpaired) electrons. The number of carbonyl (C=O) groups excluding carboxylic acids is 1. The van der Waals surface area contributed by atoms with Crippen LogP contribution in [0.4, 0.5) is 0 Å². The monoisotopic (exact) mass is 258 g/mol. The Morgan fingerprint density at radius 3 is 2.79 bits per heavy atom. The number of hydrogen-bond donors (Lipinski definition) is 0. The highest BCUT2D eigenvalue weighted by Gasteiger charge is 2.14. The third-order valence-electron chi connectivity index (χ3n) is 2.84. The van der Waals surface area contributed by atoms with Crippen LogP contribution in [0, 0.1) is 5.92 Å². The molecule has 19 heavy (non-hydrogen) atoms. The number of aliphatic carboxylic acids is 1. The molecule has 100 valence electrons. The number of fused-ring (bicyclic) bond motifs is 1. The van der Waals surface area contributed by atoms with Crippen molar-refractivity contribution in [3.05, 3.63) is 36.7 Å². The number of carboxylic acids is 1. The third-order valence-corrected chi connectivity index (χ3v) is 2.84. The molecule has 4 heteroatoms. The Kier molecular flexibility index (Phi) is 4.00. The maximum atomic E-state index is 11.1. The molecule has 0 bridgehead atoms. The Morgan fingerprint density at radius 1 is 1.32 bits per heavy atom. The van der Waals surface area contributed by atoms with Gasteiger partial charge in [-0.3, -0.25) is 4.98 Å². The molecule has 0 aliphatic rings. The number of carbonyl (C=O) groups is 1. The molecule has 1 unspecified atom stereocenters. The summed E-state index contributed by atoms with van der Waals surface area (Å²) in [6.07, 6.45) is 2.94. The molecule has 2 aromatic rings. The van der Waals surface area contributed by atoms with Crippen LogP contribution in [0.5, 0.6) is 5.75 Å². The number of ether oxygens (including phenoxy) is 1. The first kappa shape index (κ1) is 13.3. The summed E-state index contributed by atoms with van der Waals surface area (Å²) in [6, 6.07) is 7.33. The first-order chi connectivity index (χ1) is 9.06. The summed E-state index contributed by atoms with van der Waals surface area (Å²) in [5.41, 5.74) is 0. The van der Waals surface area contributed by atoms with Gasteiger partial charge in [0.05, 0.1) is 5.97 Å². The number of aromatic nitrogens is 1. The number of hydrogen-bond acceptors (Lipinski definition) is 4. The standard InChI is InChI=1S/C15H17NO3/c1-10(2)7-14(15(17)18)19-13-4-3-11-5-6-16-9-12(11)8-13/h3-6,8-10,14H,7H2,1-2H3,(H,17,18)/p-1. The number of carboxylic acid groups (broad SMARTS) is 1. The molecule has 0 amide bonds. The molecule has 0 fully saturated rings. The number of nitrogens with zero attached hydrogens (tertiary/aromatic N) is 1. The van der Waals surface area contributed by atoms with Gasteiger partial charge in [-0.2, -0.15) is 0 Å². The summed E-state index contributed by atoms with van der Waals surface area (Å²) in [5.74, 6) is -0.430. The van der Waals surface area contributed by atoms with E-state index < -0.39 is 12.1 Å². The molecule has 4 nitrogen and oxygen atoms in total. The lowest BCUT2D eigenvalue weighted by molar-refractivity contribution is -0.314. The van der Waals surface area contributed by atoms with E-state index in [0.29, 0.717) is 12.2 Å². The van der Waals surface area contributed by atoms with Gasteiger partial charge in [-0.15, -0.1) is 0 Å². The lowest BCUT2D eigenvalue weighted by Crippen LogP contribution is -2.40. The molecule has 1 heterocycles. The van der Waals surface area contributed by atoms with E-state index in [4.69, 9.17) is 4.74 Å². The fraction of sp³-hybridized carbons (Fsp3) is 0.333. The predicted octanol–water partition coefficient (Wildman–Crippen LogP) is 1.78. The number of benzene rings is 1. The highest BCUT2D eigenvalue weighted by atomic mass is 16.5. The fourth-order valence-electron chi connectivity index (χ4n) is 1.92. The molecule has 0 saturated carbocycles. The molecule has 0 saturated heterocycles. The van der Waals surface area contributed by atoms with Gasteiger partial charge in [0.1, 0.15) is 11.9 Å². The minimum Gasteiger partial charge on any atom is -0.546 e. The second-order valence-electron chi connectivity index (χ2n) is 4.94. The van der Waals surface area contributed by atoms with E-state index in [0.717, 1.165) is 10.8 Å².